The summed E-state index contributed by atoms with van der Waals surface area (Å²) in [7, 11) is 0. The van der Waals surface area contributed by atoms with Crippen molar-refractivity contribution in [3.8, 4) is 5.75 Å². The van der Waals surface area contributed by atoms with Gasteiger partial charge in [-0.2, -0.15) is 4.91 Å². The number of benzene rings is 1. The van der Waals surface area contributed by atoms with Gasteiger partial charge in [0.25, 0.3) is 0 Å². The van der Waals surface area contributed by atoms with Crippen LogP contribution in [0.25, 0.3) is 0 Å². The molecule has 4 heteroatoms. The molecule has 0 aliphatic heterocycles. The molecule has 112 valence electrons. The molecule has 20 heavy (non-hydrogen) atoms. The predicted octanol–water partition coefficient (Wildman–Crippen LogP) is 5.71. The van der Waals surface area contributed by atoms with Gasteiger partial charge in [0, 0.05) is 5.56 Å². The van der Waals surface area contributed by atoms with Gasteiger partial charge in [-0.05, 0) is 40.4 Å². The highest BCUT2D eigenvalue weighted by Crippen LogP contribution is 2.30. The number of nitroso groups, excluding NO2 is 1. The number of aromatic hydroxyl groups is 1. The van der Waals surface area contributed by atoms with Crippen LogP contribution in [0.4, 0.5) is 0 Å². The Bertz CT molecular complexity index is 421. The number of hydrogen-bond donors (Lipinski definition) is 1. The Balaban J connectivity index is 2.38. The van der Waals surface area contributed by atoms with Crippen molar-refractivity contribution in [3.63, 3.8) is 0 Å². The van der Waals surface area contributed by atoms with Crippen LogP contribution < -0.4 is 0 Å². The monoisotopic (exact) mass is 341 g/mol. The zero-order valence-corrected chi connectivity index (χ0v) is 13.8. The Labute approximate surface area is 129 Å². The molecule has 0 aliphatic carbocycles. The summed E-state index contributed by atoms with van der Waals surface area (Å²) in [6, 6.07) is 3.82. The van der Waals surface area contributed by atoms with Crippen molar-refractivity contribution in [1.29, 1.82) is 0 Å². The largest absolute Gasteiger partial charge is 0.506 e. The van der Waals surface area contributed by atoms with Gasteiger partial charge in [0.1, 0.15) is 12.3 Å². The van der Waals surface area contributed by atoms with E-state index in [0.29, 0.717) is 10.0 Å². The second-order valence-corrected chi connectivity index (χ2v) is 6.10. The molecule has 0 atom stereocenters. The second-order valence-electron chi connectivity index (χ2n) is 5.24. The summed E-state index contributed by atoms with van der Waals surface area (Å²) in [5.41, 5.74) is 1.76. The number of phenols is 1. The highest BCUT2D eigenvalue weighted by molar-refractivity contribution is 9.10. The van der Waals surface area contributed by atoms with Crippen molar-refractivity contribution in [3.05, 3.63) is 32.6 Å². The summed E-state index contributed by atoms with van der Waals surface area (Å²) in [5, 5.41) is 12.7. The quantitative estimate of drug-likeness (QED) is 0.437. The average Bonchev–Trinajstić information content (AvgIpc) is 2.43. The molecule has 1 N–H and O–H groups in total. The van der Waals surface area contributed by atoms with Crippen molar-refractivity contribution >= 4 is 15.9 Å². The van der Waals surface area contributed by atoms with Crippen LogP contribution in [0.5, 0.6) is 5.75 Å². The average molecular weight is 342 g/mol. The molecule has 0 heterocycles. The van der Waals surface area contributed by atoms with Gasteiger partial charge >= 0.3 is 0 Å². The molecule has 1 aromatic carbocycles. The minimum atomic E-state index is 0.0231. The van der Waals surface area contributed by atoms with Crippen LogP contribution in [-0.4, -0.2) is 5.11 Å². The van der Waals surface area contributed by atoms with Gasteiger partial charge in [-0.1, -0.05) is 56.7 Å². The first kappa shape index (κ1) is 17.2. The minimum Gasteiger partial charge on any atom is -0.506 e. The van der Waals surface area contributed by atoms with Crippen LogP contribution in [-0.2, 0) is 13.0 Å². The van der Waals surface area contributed by atoms with Crippen LogP contribution in [0, 0.1) is 4.91 Å². The van der Waals surface area contributed by atoms with Crippen LogP contribution >= 0.6 is 15.9 Å². The smallest absolute Gasteiger partial charge is 0.134 e. The normalized spacial score (nSPS) is 10.7. The molecule has 0 amide bonds. The van der Waals surface area contributed by atoms with E-state index in [1.165, 1.54) is 38.5 Å². The van der Waals surface area contributed by atoms with Crippen molar-refractivity contribution in [2.24, 2.45) is 5.18 Å². The van der Waals surface area contributed by atoms with Crippen molar-refractivity contribution < 1.29 is 5.11 Å². The molecule has 0 aromatic heterocycles. The highest BCUT2D eigenvalue weighted by Gasteiger charge is 2.08. The predicted molar refractivity (Wildman–Crippen MR) is 87.0 cm³/mol. The summed E-state index contributed by atoms with van der Waals surface area (Å²) in [5.74, 6) is 0.132. The van der Waals surface area contributed by atoms with Crippen LogP contribution in [0.3, 0.4) is 0 Å². The molecule has 0 unspecified atom stereocenters. The maximum Gasteiger partial charge on any atom is 0.134 e. The fourth-order valence-corrected chi connectivity index (χ4v) is 2.89. The third kappa shape index (κ3) is 6.04. The third-order valence-electron chi connectivity index (χ3n) is 3.51. The Morgan fingerprint density at radius 3 is 2.40 bits per heavy atom. The first-order valence-corrected chi connectivity index (χ1v) is 8.27. The Morgan fingerprint density at radius 2 is 1.75 bits per heavy atom. The van der Waals surface area contributed by atoms with Crippen molar-refractivity contribution in [1.82, 2.24) is 0 Å². The molecule has 3 nitrogen and oxygen atoms in total. The fraction of sp³-hybridized carbons (Fsp3) is 0.625. The molecule has 0 bridgehead atoms. The summed E-state index contributed by atoms with van der Waals surface area (Å²) < 4.78 is 0.650. The van der Waals surface area contributed by atoms with Gasteiger partial charge in [-0.15, -0.1) is 0 Å². The van der Waals surface area contributed by atoms with Gasteiger partial charge in [0.15, 0.2) is 0 Å². The molecule has 1 rings (SSSR count). The zero-order valence-electron chi connectivity index (χ0n) is 12.2. The minimum absolute atomic E-state index is 0.0231. The number of rotatable bonds is 10. The summed E-state index contributed by atoms with van der Waals surface area (Å²) >= 11 is 3.32. The van der Waals surface area contributed by atoms with E-state index in [9.17, 15) is 10.0 Å². The van der Waals surface area contributed by atoms with E-state index in [1.54, 1.807) is 0 Å². The Morgan fingerprint density at radius 1 is 1.10 bits per heavy atom. The van der Waals surface area contributed by atoms with Crippen LogP contribution in [0.15, 0.2) is 21.8 Å². The summed E-state index contributed by atoms with van der Waals surface area (Å²) in [6.45, 7) is 2.25. The molecule has 0 radical (unpaired) electrons. The Kier molecular flexibility index (Phi) is 8.51. The lowest BCUT2D eigenvalue weighted by molar-refractivity contribution is 0.464. The molecule has 0 spiro atoms. The van der Waals surface area contributed by atoms with Crippen LogP contribution in [0.2, 0.25) is 0 Å². The van der Waals surface area contributed by atoms with E-state index < -0.39 is 0 Å². The third-order valence-corrected chi connectivity index (χ3v) is 4.11. The molecular formula is C16H24BrNO2. The number of hydrogen-bond acceptors (Lipinski definition) is 3. The number of nitrogens with zero attached hydrogens (tertiary/aromatic N) is 1. The van der Waals surface area contributed by atoms with Crippen molar-refractivity contribution in [2.75, 3.05) is 0 Å². The standard InChI is InChI=1S/C16H24BrNO2/c1-2-3-4-5-6-7-8-9-13-10-14(12-18-20)16(19)15(17)11-13/h10-11,19H,2-9,12H2,1H3. The zero-order chi connectivity index (χ0) is 14.8. The summed E-state index contributed by atoms with van der Waals surface area (Å²) in [6.07, 6.45) is 9.97. The lowest BCUT2D eigenvalue weighted by Gasteiger charge is -2.08. The SMILES string of the molecule is CCCCCCCCCc1cc(Br)c(O)c(CN=O)c1. The topological polar surface area (TPSA) is 49.7 Å². The number of unbranched alkanes of at least 4 members (excludes halogenated alkanes) is 6. The molecule has 1 aromatic rings. The van der Waals surface area contributed by atoms with E-state index in [2.05, 4.69) is 28.0 Å². The van der Waals surface area contributed by atoms with Gasteiger partial charge < -0.3 is 5.11 Å². The van der Waals surface area contributed by atoms with Gasteiger partial charge in [0.2, 0.25) is 0 Å². The van der Waals surface area contributed by atoms with E-state index in [4.69, 9.17) is 0 Å². The molecule has 0 fully saturated rings. The van der Waals surface area contributed by atoms with E-state index in [1.807, 2.05) is 12.1 Å². The highest BCUT2D eigenvalue weighted by atomic mass is 79.9. The van der Waals surface area contributed by atoms with E-state index >= 15 is 0 Å². The summed E-state index contributed by atoms with van der Waals surface area (Å²) in [4.78, 5) is 10.4. The maximum atomic E-state index is 10.4. The maximum absolute atomic E-state index is 10.4. The van der Waals surface area contributed by atoms with Crippen LogP contribution in [0.1, 0.15) is 63.0 Å². The Hall–Kier alpha value is -0.900. The lowest BCUT2D eigenvalue weighted by Crippen LogP contribution is -1.91. The van der Waals surface area contributed by atoms with E-state index in [0.717, 1.165) is 18.4 Å². The molecule has 0 saturated heterocycles. The molecule has 0 saturated carbocycles. The first-order chi connectivity index (χ1) is 9.69. The fourth-order valence-electron chi connectivity index (χ4n) is 2.34. The van der Waals surface area contributed by atoms with Crippen molar-refractivity contribution in [2.45, 2.75) is 64.8 Å². The van der Waals surface area contributed by atoms with Gasteiger partial charge in [-0.3, -0.25) is 0 Å². The molecule has 0 aliphatic rings. The first-order valence-electron chi connectivity index (χ1n) is 7.48. The lowest BCUT2D eigenvalue weighted by atomic mass is 10.0. The second kappa shape index (κ2) is 9.92. The van der Waals surface area contributed by atoms with Gasteiger partial charge in [-0.25, -0.2) is 0 Å². The van der Waals surface area contributed by atoms with Gasteiger partial charge in [0.05, 0.1) is 4.47 Å². The molecular weight excluding hydrogens is 318 g/mol. The number of aryl methyl sites for hydroxylation is 1. The number of phenolic OH excluding ortho intramolecular Hbond substituents is 1. The van der Waals surface area contributed by atoms with E-state index in [-0.39, 0.29) is 12.3 Å². The number of halogens is 1.